The molecule has 2 aromatic rings. The maximum atomic E-state index is 5.53. The zero-order valence-corrected chi connectivity index (χ0v) is 17.6. The molecule has 0 aliphatic carbocycles. The summed E-state index contributed by atoms with van der Waals surface area (Å²) < 4.78 is 7.61. The van der Waals surface area contributed by atoms with Crippen molar-refractivity contribution in [3.05, 3.63) is 34.5 Å². The number of hydrogen-bond donors (Lipinski definition) is 2. The van der Waals surface area contributed by atoms with Crippen LogP contribution in [0.3, 0.4) is 0 Å². The molecule has 0 bridgehead atoms. The standard InChI is InChI=1S/C19H31N7OS/c1-3-18-24-23-15-26(18)8-7-21-19(20-4-2)22-14-16(17-6-5-13-28-17)25-9-11-27-12-10-25/h5-6,13,15-16H,3-4,7-12,14H2,1-2H3,(H2,20,21,22). The van der Waals surface area contributed by atoms with Gasteiger partial charge in [-0.3, -0.25) is 9.89 Å². The van der Waals surface area contributed by atoms with E-state index in [-0.39, 0.29) is 0 Å². The largest absolute Gasteiger partial charge is 0.379 e. The van der Waals surface area contributed by atoms with Crippen molar-refractivity contribution in [2.24, 2.45) is 4.99 Å². The number of hydrogen-bond acceptors (Lipinski definition) is 6. The van der Waals surface area contributed by atoms with Gasteiger partial charge in [-0.05, 0) is 18.4 Å². The van der Waals surface area contributed by atoms with Gasteiger partial charge >= 0.3 is 0 Å². The monoisotopic (exact) mass is 405 g/mol. The van der Waals surface area contributed by atoms with E-state index in [4.69, 9.17) is 9.73 Å². The first-order valence-corrected chi connectivity index (χ1v) is 10.9. The van der Waals surface area contributed by atoms with Gasteiger partial charge in [0.15, 0.2) is 5.96 Å². The minimum Gasteiger partial charge on any atom is -0.379 e. The molecule has 154 valence electrons. The Kier molecular flexibility index (Phi) is 8.25. The summed E-state index contributed by atoms with van der Waals surface area (Å²) in [5.41, 5.74) is 0. The lowest BCUT2D eigenvalue weighted by molar-refractivity contribution is 0.0186. The van der Waals surface area contributed by atoms with Crippen LogP contribution in [0.5, 0.6) is 0 Å². The lowest BCUT2D eigenvalue weighted by atomic mass is 10.2. The predicted molar refractivity (Wildman–Crippen MR) is 113 cm³/mol. The van der Waals surface area contributed by atoms with Crippen molar-refractivity contribution >= 4 is 17.3 Å². The molecule has 1 atom stereocenters. The fourth-order valence-electron chi connectivity index (χ4n) is 3.31. The number of thiophene rings is 1. The van der Waals surface area contributed by atoms with Crippen molar-refractivity contribution in [2.45, 2.75) is 32.9 Å². The van der Waals surface area contributed by atoms with Crippen LogP contribution in [0.1, 0.15) is 30.6 Å². The third-order valence-corrected chi connectivity index (χ3v) is 5.76. The van der Waals surface area contributed by atoms with Gasteiger partial charge in [0.1, 0.15) is 12.2 Å². The van der Waals surface area contributed by atoms with Gasteiger partial charge in [-0.15, -0.1) is 21.5 Å². The van der Waals surface area contributed by atoms with Gasteiger partial charge in [0.05, 0.1) is 25.8 Å². The fraction of sp³-hybridized carbons (Fsp3) is 0.632. The Morgan fingerprint density at radius 2 is 2.18 bits per heavy atom. The van der Waals surface area contributed by atoms with Gasteiger partial charge < -0.3 is 19.9 Å². The molecule has 0 radical (unpaired) electrons. The summed E-state index contributed by atoms with van der Waals surface area (Å²) in [6, 6.07) is 4.62. The first-order chi connectivity index (χ1) is 13.8. The molecule has 0 spiro atoms. The number of nitrogens with zero attached hydrogens (tertiary/aromatic N) is 5. The molecule has 2 N–H and O–H groups in total. The highest BCUT2D eigenvalue weighted by Crippen LogP contribution is 2.26. The molecule has 1 saturated heterocycles. The lowest BCUT2D eigenvalue weighted by Crippen LogP contribution is -2.42. The first-order valence-electron chi connectivity index (χ1n) is 10.1. The van der Waals surface area contributed by atoms with Crippen molar-refractivity contribution < 1.29 is 4.74 Å². The molecule has 1 aliphatic rings. The van der Waals surface area contributed by atoms with Crippen LogP contribution in [0, 0.1) is 0 Å². The summed E-state index contributed by atoms with van der Waals surface area (Å²) in [5, 5.41) is 17.1. The summed E-state index contributed by atoms with van der Waals surface area (Å²) >= 11 is 1.80. The van der Waals surface area contributed by atoms with Gasteiger partial charge in [-0.2, -0.15) is 0 Å². The van der Waals surface area contributed by atoms with Crippen molar-refractivity contribution in [2.75, 3.05) is 45.9 Å². The van der Waals surface area contributed by atoms with Crippen LogP contribution in [0.4, 0.5) is 0 Å². The molecule has 1 unspecified atom stereocenters. The van der Waals surface area contributed by atoms with Crippen molar-refractivity contribution in [3.63, 3.8) is 0 Å². The first kappa shape index (κ1) is 20.8. The fourth-order valence-corrected chi connectivity index (χ4v) is 4.16. The minimum absolute atomic E-state index is 0.295. The van der Waals surface area contributed by atoms with E-state index >= 15 is 0 Å². The number of aromatic nitrogens is 3. The van der Waals surface area contributed by atoms with Gasteiger partial charge in [-0.1, -0.05) is 13.0 Å². The van der Waals surface area contributed by atoms with Crippen LogP contribution in [0.2, 0.25) is 0 Å². The molecule has 9 heteroatoms. The Hall–Kier alpha value is -1.97. The average molecular weight is 406 g/mol. The smallest absolute Gasteiger partial charge is 0.191 e. The molecule has 28 heavy (non-hydrogen) atoms. The van der Waals surface area contributed by atoms with Crippen molar-refractivity contribution in [1.82, 2.24) is 30.3 Å². The summed E-state index contributed by atoms with van der Waals surface area (Å²) in [6.07, 6.45) is 2.67. The molecule has 0 aromatic carbocycles. The number of nitrogens with one attached hydrogen (secondary N) is 2. The van der Waals surface area contributed by atoms with Crippen molar-refractivity contribution in [3.8, 4) is 0 Å². The van der Waals surface area contributed by atoms with Crippen LogP contribution in [-0.2, 0) is 17.7 Å². The summed E-state index contributed by atoms with van der Waals surface area (Å²) in [6.45, 7) is 10.8. The molecule has 1 aliphatic heterocycles. The molecular formula is C19H31N7OS. The molecular weight excluding hydrogens is 374 g/mol. The Labute approximate surface area is 171 Å². The van der Waals surface area contributed by atoms with Crippen molar-refractivity contribution in [1.29, 1.82) is 0 Å². The number of guanidine groups is 1. The van der Waals surface area contributed by atoms with Gasteiger partial charge in [-0.25, -0.2) is 0 Å². The summed E-state index contributed by atoms with van der Waals surface area (Å²) in [5.74, 6) is 1.86. The second-order valence-corrected chi connectivity index (χ2v) is 7.60. The third-order valence-electron chi connectivity index (χ3n) is 4.78. The minimum atomic E-state index is 0.295. The van der Waals surface area contributed by atoms with E-state index < -0.39 is 0 Å². The molecule has 3 rings (SSSR count). The molecule has 8 nitrogen and oxygen atoms in total. The van der Waals surface area contributed by atoms with E-state index in [9.17, 15) is 0 Å². The third kappa shape index (κ3) is 5.76. The SMILES string of the molecule is CCNC(=NCC(c1cccs1)N1CCOCC1)NCCn1cnnc1CC. The highest BCUT2D eigenvalue weighted by molar-refractivity contribution is 7.10. The number of ether oxygens (including phenoxy) is 1. The summed E-state index contributed by atoms with van der Waals surface area (Å²) in [7, 11) is 0. The lowest BCUT2D eigenvalue weighted by Gasteiger charge is -2.33. The topological polar surface area (TPSA) is 79.6 Å². The Morgan fingerprint density at radius 3 is 2.89 bits per heavy atom. The van der Waals surface area contributed by atoms with Crippen LogP contribution in [0.25, 0.3) is 0 Å². The summed E-state index contributed by atoms with van der Waals surface area (Å²) in [4.78, 5) is 8.72. The average Bonchev–Trinajstić information content (AvgIpc) is 3.41. The highest BCUT2D eigenvalue weighted by atomic mass is 32.1. The predicted octanol–water partition coefficient (Wildman–Crippen LogP) is 1.53. The van der Waals surface area contributed by atoms with E-state index in [0.29, 0.717) is 6.04 Å². The highest BCUT2D eigenvalue weighted by Gasteiger charge is 2.23. The zero-order valence-electron chi connectivity index (χ0n) is 16.8. The van der Waals surface area contributed by atoms with Crippen LogP contribution >= 0.6 is 11.3 Å². The van der Waals surface area contributed by atoms with Crippen LogP contribution in [0.15, 0.2) is 28.8 Å². The number of aliphatic imine (C=N–C) groups is 1. The second-order valence-electron chi connectivity index (χ2n) is 6.62. The zero-order chi connectivity index (χ0) is 19.6. The molecule has 0 amide bonds. The maximum absolute atomic E-state index is 5.53. The number of rotatable bonds is 9. The Morgan fingerprint density at radius 1 is 1.32 bits per heavy atom. The molecule has 0 saturated carbocycles. The van der Waals surface area contributed by atoms with E-state index in [1.54, 1.807) is 17.7 Å². The van der Waals surface area contributed by atoms with E-state index in [1.807, 2.05) is 0 Å². The molecule has 1 fully saturated rings. The second kappa shape index (κ2) is 11.1. The van der Waals surface area contributed by atoms with Crippen LogP contribution < -0.4 is 10.6 Å². The van der Waals surface area contributed by atoms with E-state index in [2.05, 4.69) is 61.7 Å². The van der Waals surface area contributed by atoms with Gasteiger partial charge in [0.2, 0.25) is 0 Å². The van der Waals surface area contributed by atoms with E-state index in [1.165, 1.54) is 4.88 Å². The number of aryl methyl sites for hydroxylation is 1. The van der Waals surface area contributed by atoms with Crippen LogP contribution in [-0.4, -0.2) is 71.6 Å². The molecule has 3 heterocycles. The van der Waals surface area contributed by atoms with E-state index in [0.717, 1.165) is 70.7 Å². The van der Waals surface area contributed by atoms with Gasteiger partial charge in [0, 0.05) is 44.0 Å². The Balaban J connectivity index is 1.60. The number of morpholine rings is 1. The van der Waals surface area contributed by atoms with Gasteiger partial charge in [0.25, 0.3) is 0 Å². The quantitative estimate of drug-likeness (QED) is 0.487. The Bertz CT molecular complexity index is 710. The molecule has 2 aromatic heterocycles. The normalized spacial score (nSPS) is 16.9. The maximum Gasteiger partial charge on any atom is 0.191 e.